The van der Waals surface area contributed by atoms with E-state index < -0.39 is 11.6 Å². The topological polar surface area (TPSA) is 36.1 Å². The van der Waals surface area contributed by atoms with Crippen molar-refractivity contribution in [1.82, 2.24) is 16.0 Å². The van der Waals surface area contributed by atoms with Crippen LogP contribution in [0.3, 0.4) is 0 Å². The van der Waals surface area contributed by atoms with Gasteiger partial charge in [-0.15, -0.1) is 0 Å². The molecule has 15 heavy (non-hydrogen) atoms. The Balaban J connectivity index is 4.20. The molecule has 7 heteroatoms. The molecule has 3 N–H and O–H groups in total. The number of halogens is 2. The highest BCUT2D eigenvalue weighted by atomic mass is 32.1. The van der Waals surface area contributed by atoms with Crippen molar-refractivity contribution in [3.63, 3.8) is 0 Å². The number of hydrogen-bond acceptors (Lipinski definition) is 5. The van der Waals surface area contributed by atoms with Crippen LogP contribution in [-0.4, -0.2) is 50.3 Å². The summed E-state index contributed by atoms with van der Waals surface area (Å²) in [4.78, 5) is 0. The number of likely N-dealkylation sites (N-methyl/N-ethyl adjacent to an activating group) is 2. The first-order valence-electron chi connectivity index (χ1n) is 4.63. The molecule has 0 radical (unpaired) electrons. The summed E-state index contributed by atoms with van der Waals surface area (Å²) in [5, 5.41) is 7.63. The highest BCUT2D eigenvalue weighted by molar-refractivity contribution is 7.80. The van der Waals surface area contributed by atoms with Crippen molar-refractivity contribution < 1.29 is 8.78 Å². The largest absolute Gasteiger partial charge is 0.315 e. The van der Waals surface area contributed by atoms with Crippen molar-refractivity contribution in [2.75, 3.05) is 38.7 Å². The molecule has 0 spiro atoms. The number of nitrogens with one attached hydrogen (secondary N) is 3. The van der Waals surface area contributed by atoms with Gasteiger partial charge in [0.05, 0.1) is 0 Å². The van der Waals surface area contributed by atoms with E-state index in [0.717, 1.165) is 0 Å². The number of rotatable bonds is 8. The summed E-state index contributed by atoms with van der Waals surface area (Å²) in [7, 11) is 3.09. The third-order valence-corrected chi connectivity index (χ3v) is 3.09. The Labute approximate surface area is 101 Å². The van der Waals surface area contributed by atoms with Crippen LogP contribution in [0, 0.1) is 0 Å². The number of thiol groups is 2. The van der Waals surface area contributed by atoms with Gasteiger partial charge in [-0.2, -0.15) is 25.3 Å². The Bertz CT molecular complexity index is 181. The van der Waals surface area contributed by atoms with Gasteiger partial charge in [0.1, 0.15) is 0 Å². The van der Waals surface area contributed by atoms with Crippen molar-refractivity contribution >= 4 is 25.3 Å². The lowest BCUT2D eigenvalue weighted by molar-refractivity contribution is 0.0870. The van der Waals surface area contributed by atoms with Crippen LogP contribution in [-0.2, 0) is 0 Å². The van der Waals surface area contributed by atoms with E-state index in [9.17, 15) is 8.78 Å². The van der Waals surface area contributed by atoms with Crippen LogP contribution < -0.4 is 16.0 Å². The second kappa shape index (κ2) is 6.90. The van der Waals surface area contributed by atoms with Crippen LogP contribution in [0.15, 0.2) is 0 Å². The first kappa shape index (κ1) is 15.4. The van der Waals surface area contributed by atoms with Crippen molar-refractivity contribution in [3.05, 3.63) is 0 Å². The summed E-state index contributed by atoms with van der Waals surface area (Å²) >= 11 is 7.74. The molecule has 0 amide bonds. The van der Waals surface area contributed by atoms with Crippen LogP contribution in [0.5, 0.6) is 0 Å². The van der Waals surface area contributed by atoms with E-state index in [2.05, 4.69) is 41.2 Å². The minimum absolute atomic E-state index is 0.0276. The summed E-state index contributed by atoms with van der Waals surface area (Å²) in [6.07, 6.45) is 0. The molecule has 0 aromatic carbocycles. The van der Waals surface area contributed by atoms with Gasteiger partial charge < -0.3 is 5.32 Å². The van der Waals surface area contributed by atoms with Gasteiger partial charge in [0, 0.05) is 24.6 Å². The zero-order valence-corrected chi connectivity index (χ0v) is 10.8. The first-order chi connectivity index (χ1) is 6.95. The Kier molecular flexibility index (Phi) is 7.10. The molecule has 0 fully saturated rings. The lowest BCUT2D eigenvalue weighted by Crippen LogP contribution is -2.58. The van der Waals surface area contributed by atoms with E-state index >= 15 is 0 Å². The Morgan fingerprint density at radius 3 is 1.87 bits per heavy atom. The first-order valence-corrected chi connectivity index (χ1v) is 5.90. The molecule has 0 aliphatic carbocycles. The van der Waals surface area contributed by atoms with Crippen LogP contribution in [0.1, 0.15) is 0 Å². The van der Waals surface area contributed by atoms with Crippen molar-refractivity contribution in [2.45, 2.75) is 11.6 Å². The fraction of sp³-hybridized carbons (Fsp3) is 1.00. The zero-order valence-electron chi connectivity index (χ0n) is 8.98. The molecule has 0 aromatic heterocycles. The summed E-state index contributed by atoms with van der Waals surface area (Å²) in [5.74, 6) is -3.48. The van der Waals surface area contributed by atoms with Gasteiger partial charge in [0.2, 0.25) is 0 Å². The smallest absolute Gasteiger partial charge is 0.183 e. The third-order valence-electron chi connectivity index (χ3n) is 2.09. The fourth-order valence-electron chi connectivity index (χ4n) is 0.976. The average molecular weight is 259 g/mol. The molecule has 0 aliphatic heterocycles. The van der Waals surface area contributed by atoms with E-state index in [0.29, 0.717) is 0 Å². The van der Waals surface area contributed by atoms with Crippen LogP contribution >= 0.6 is 25.3 Å². The summed E-state index contributed by atoms with van der Waals surface area (Å²) in [5.41, 5.74) is 0. The highest BCUT2D eigenvalue weighted by Crippen LogP contribution is 2.12. The minimum Gasteiger partial charge on any atom is -0.315 e. The molecule has 0 rings (SSSR count). The molecule has 0 heterocycles. The highest BCUT2D eigenvalue weighted by Gasteiger charge is 2.32. The molecule has 0 bridgehead atoms. The molecule has 0 aliphatic rings. The maximum absolute atomic E-state index is 13.9. The molecule has 0 aromatic rings. The maximum Gasteiger partial charge on any atom is 0.183 e. The van der Waals surface area contributed by atoms with Crippen molar-refractivity contribution in [2.24, 2.45) is 0 Å². The zero-order chi connectivity index (χ0) is 11.9. The van der Waals surface area contributed by atoms with E-state index in [1.165, 1.54) is 7.05 Å². The van der Waals surface area contributed by atoms with E-state index in [1.54, 1.807) is 7.05 Å². The molecular weight excluding hydrogens is 240 g/mol. The number of hydrogen-bond donors (Lipinski definition) is 5. The molecule has 2 atom stereocenters. The van der Waals surface area contributed by atoms with Gasteiger partial charge >= 0.3 is 0 Å². The molecule has 92 valence electrons. The molecular formula is C8H19F2N3S2. The van der Waals surface area contributed by atoms with Crippen molar-refractivity contribution in [3.8, 4) is 0 Å². The predicted octanol–water partition coefficient (Wildman–Crippen LogP) is 0.206. The summed E-state index contributed by atoms with van der Waals surface area (Å²) in [6, 6.07) is 0. The quantitative estimate of drug-likeness (QED) is 0.319. The van der Waals surface area contributed by atoms with E-state index in [1.807, 2.05) is 0 Å². The third kappa shape index (κ3) is 5.35. The Hall–Kier alpha value is 0.440. The van der Waals surface area contributed by atoms with Gasteiger partial charge in [-0.05, 0) is 14.1 Å². The van der Waals surface area contributed by atoms with Crippen LogP contribution in [0.4, 0.5) is 8.78 Å². The van der Waals surface area contributed by atoms with Crippen molar-refractivity contribution in [1.29, 1.82) is 0 Å². The molecule has 3 nitrogen and oxygen atoms in total. The summed E-state index contributed by atoms with van der Waals surface area (Å²) < 4.78 is 27.5. The second-order valence-corrected chi connectivity index (χ2v) is 4.01. The fourth-order valence-corrected chi connectivity index (χ4v) is 1.47. The second-order valence-electron chi connectivity index (χ2n) is 3.38. The Morgan fingerprint density at radius 2 is 1.53 bits per heavy atom. The summed E-state index contributed by atoms with van der Waals surface area (Å²) in [6.45, 7) is -0.0887. The van der Waals surface area contributed by atoms with Gasteiger partial charge in [0.25, 0.3) is 0 Å². The molecule has 0 saturated carbocycles. The van der Waals surface area contributed by atoms with Crippen LogP contribution in [0.25, 0.3) is 0 Å². The van der Waals surface area contributed by atoms with Gasteiger partial charge in [0.15, 0.2) is 11.6 Å². The lowest BCUT2D eigenvalue weighted by Gasteiger charge is -2.30. The lowest BCUT2D eigenvalue weighted by atomic mass is 10.2. The normalized spacial score (nSPS) is 19.6. The predicted molar refractivity (Wildman–Crippen MR) is 66.4 cm³/mol. The minimum atomic E-state index is -1.71. The number of alkyl halides is 2. The Morgan fingerprint density at radius 1 is 1.00 bits per heavy atom. The SMILES string of the molecule is CNC[C@@](F)(CS)NC[C@@](F)(CS)NC. The maximum atomic E-state index is 13.9. The van der Waals surface area contributed by atoms with Gasteiger partial charge in [-0.1, -0.05) is 0 Å². The average Bonchev–Trinajstić information content (AvgIpc) is 2.26. The van der Waals surface area contributed by atoms with E-state index in [4.69, 9.17) is 0 Å². The van der Waals surface area contributed by atoms with Gasteiger partial charge in [-0.25, -0.2) is 8.78 Å². The van der Waals surface area contributed by atoms with Gasteiger partial charge in [-0.3, -0.25) is 10.6 Å². The molecule has 0 unspecified atom stereocenters. The van der Waals surface area contributed by atoms with E-state index in [-0.39, 0.29) is 24.6 Å². The standard InChI is InChI=1S/C8H19F2N3S2/c1-11-3-8(10,6-15)13-4-7(9,5-14)12-2/h11-15H,3-6H2,1-2H3/t7-,8-/m0/s1. The van der Waals surface area contributed by atoms with Crippen LogP contribution in [0.2, 0.25) is 0 Å². The molecule has 0 saturated heterocycles. The monoisotopic (exact) mass is 259 g/mol.